The van der Waals surface area contributed by atoms with E-state index in [1.165, 1.54) is 21.3 Å². The third kappa shape index (κ3) is 22.3. The molecule has 0 unspecified atom stereocenters. The van der Waals surface area contributed by atoms with Crippen LogP contribution in [0, 0.1) is 79.4 Å². The Hall–Kier alpha value is -12.5. The minimum absolute atomic E-state index is 0. The number of fused-ring (bicyclic) bond motifs is 18. The summed E-state index contributed by atoms with van der Waals surface area (Å²) in [4.78, 5) is 193. The molecule has 117 heavy (non-hydrogen) atoms. The van der Waals surface area contributed by atoms with Crippen LogP contribution >= 0.6 is 109 Å². The molecule has 13 rings (SSSR count). The van der Waals surface area contributed by atoms with Crippen molar-refractivity contribution in [2.24, 2.45) is 11.5 Å². The van der Waals surface area contributed by atoms with E-state index in [1.807, 2.05) is 17.1 Å². The number of aromatic nitrogens is 14. The van der Waals surface area contributed by atoms with E-state index in [9.17, 15) is 63.5 Å². The van der Waals surface area contributed by atoms with Crippen LogP contribution in [0.4, 0.5) is 39.3 Å². The van der Waals surface area contributed by atoms with Gasteiger partial charge in [0, 0.05) is 10.9 Å². The van der Waals surface area contributed by atoms with E-state index >= 15 is 0 Å². The Bertz CT molecular complexity index is 6340. The van der Waals surface area contributed by atoms with Gasteiger partial charge in [-0.1, -0.05) is 46.4 Å². The number of esters is 3. The number of ketones is 1. The fourth-order valence-corrected chi connectivity index (χ4v) is 11.7. The molecule has 14 N–H and O–H groups in total. The molecule has 55 heteroatoms. The van der Waals surface area contributed by atoms with E-state index in [1.54, 1.807) is 19.9 Å². The predicted octanol–water partition coefficient (Wildman–Crippen LogP) is 5.28. The first kappa shape index (κ1) is 96.9. The van der Waals surface area contributed by atoms with E-state index < -0.39 is 70.3 Å². The van der Waals surface area contributed by atoms with Crippen LogP contribution in [0.3, 0.4) is 0 Å². The summed E-state index contributed by atoms with van der Waals surface area (Å²) in [6, 6.07) is 4.73. The molecule has 5 amide bonds. The third-order valence-electron chi connectivity index (χ3n) is 14.4. The Labute approximate surface area is 736 Å². The van der Waals surface area contributed by atoms with Crippen molar-refractivity contribution in [3.63, 3.8) is 0 Å². The Morgan fingerprint density at radius 3 is 1.38 bits per heavy atom. The number of carbonyl (C=O) groups excluding carboxylic acids is 10. The molecular formula is C62H35Cl9KN28O16P. The van der Waals surface area contributed by atoms with Gasteiger partial charge in [-0.2, -0.15) is 30.4 Å². The number of halogens is 9. The zero-order valence-electron chi connectivity index (χ0n) is 58.9. The molecule has 0 saturated heterocycles. The summed E-state index contributed by atoms with van der Waals surface area (Å²) >= 11 is 50.3. The molecule has 0 bridgehead atoms. The number of hydrogen-bond acceptors (Lipinski definition) is 35. The predicted molar refractivity (Wildman–Crippen MR) is 411 cm³/mol. The van der Waals surface area contributed by atoms with Gasteiger partial charge in [-0.25, -0.2) is 70.4 Å². The van der Waals surface area contributed by atoms with Gasteiger partial charge < -0.3 is 79.5 Å². The molecule has 7 aromatic heterocycles. The zero-order valence-corrected chi connectivity index (χ0v) is 69.7. The van der Waals surface area contributed by atoms with Crippen LogP contribution in [-0.2, 0) is 49.2 Å². The van der Waals surface area contributed by atoms with E-state index in [2.05, 4.69) is 149 Å². The molecular weight excluding hydrogens is 1780 g/mol. The molecule has 0 spiro atoms. The molecule has 0 radical (unpaired) electrons. The summed E-state index contributed by atoms with van der Waals surface area (Å²) in [6.45, 7) is 28.6. The minimum atomic E-state index is -3.22. The van der Waals surface area contributed by atoms with Crippen molar-refractivity contribution < 1.29 is 118 Å². The smallest absolute Gasteiger partial charge is 0.512 e. The first-order chi connectivity index (χ1) is 54.6. The maximum atomic E-state index is 12.3. The number of nitrogens with one attached hydrogen (secondary N) is 4. The van der Waals surface area contributed by atoms with Crippen LogP contribution < -0.4 is 102 Å². The molecule has 2 aliphatic rings. The largest absolute Gasteiger partial charge is 1.00 e. The number of carbonyl (C=O) groups is 8. The first-order valence-corrected chi connectivity index (χ1v) is 36.2. The topological polar surface area (TPSA) is 698 Å². The summed E-state index contributed by atoms with van der Waals surface area (Å²) in [5.74, 6) is -5.47. The Kier molecular flexibility index (Phi) is 35.0. The summed E-state index contributed by atoms with van der Waals surface area (Å²) in [6.07, 6.45) is -0.488. The van der Waals surface area contributed by atoms with E-state index in [4.69, 9.17) is 133 Å². The molecule has 9 heterocycles. The van der Waals surface area contributed by atoms with Gasteiger partial charge in [-0.3, -0.25) is 38.8 Å². The van der Waals surface area contributed by atoms with E-state index in [0.717, 1.165) is 0 Å². The van der Waals surface area contributed by atoms with Crippen molar-refractivity contribution in [2.45, 2.75) is 26.7 Å². The number of Topliss-reactive ketones (excluding diaryl/α,β-unsaturated/α-hetero) is 1. The van der Waals surface area contributed by atoms with Gasteiger partial charge >= 0.3 is 111 Å². The van der Waals surface area contributed by atoms with Crippen molar-refractivity contribution in [1.82, 2.24) is 75.1 Å². The normalized spacial score (nSPS) is 11.0. The van der Waals surface area contributed by atoms with Crippen LogP contribution in [0.5, 0.6) is 0 Å². The van der Waals surface area contributed by atoms with Crippen LogP contribution in [0.2, 0.25) is 31.3 Å². The Balaban J connectivity index is 0.000000305. The number of methoxy groups -OCH3 is 3. The molecule has 11 aromatic rings. The van der Waals surface area contributed by atoms with Crippen molar-refractivity contribution >= 4 is 273 Å². The molecule has 588 valence electrons. The monoisotopic (exact) mass is 1810 g/mol. The van der Waals surface area contributed by atoms with Gasteiger partial charge in [-0.05, 0) is 93.5 Å². The Morgan fingerprint density at radius 1 is 0.556 bits per heavy atom. The number of urea groups is 1. The number of primary amides is 2. The van der Waals surface area contributed by atoms with Crippen LogP contribution in [-0.4, -0.2) is 151 Å². The van der Waals surface area contributed by atoms with Gasteiger partial charge in [0.1, 0.15) is 44.2 Å². The zero-order chi connectivity index (χ0) is 87.6. The summed E-state index contributed by atoms with van der Waals surface area (Å²) in [5, 5.41) is 37.1. The molecule has 0 saturated carbocycles. The number of benzene rings is 4. The maximum absolute atomic E-state index is 12.3. The quantitative estimate of drug-likeness (QED) is 0.00928. The number of imide groups is 1. The molecule has 0 atom stereocenters. The van der Waals surface area contributed by atoms with Gasteiger partial charge in [-0.15, -0.1) is 16.5 Å². The van der Waals surface area contributed by atoms with E-state index in [-0.39, 0.29) is 220 Å². The molecule has 2 aliphatic heterocycles. The SMILES string of the molecule is COC(=O)c1c(N)c(C)c(N)c(C(=O)OC)c1N.Clc1nc(Cl)c2c(n1)c1c(Cl)nc(Cl)nc1c1c(Cl)nc(Cl)nc21.NC(N)=O.O=C1Cc2c3c(c4c(=O)[nH]c(=O)[nH]c4c2C(=O)N1)NC(=O)CC3=O.O=C=O.O=P(Cl)(Cl)Cl.[C-]#N.[C-]#[N+]CC(=O)OC.[C-]#[N+]c1nc(C#N)c2c3nc(C#N)nc(C)c3c3nc(C#N)nc([N+]#[C-])c3c2n1.[K+]. The van der Waals surface area contributed by atoms with Crippen molar-refractivity contribution in [3.05, 3.63) is 149 Å². The molecule has 0 aliphatic carbocycles. The number of nitrogens with two attached hydrogens (primary N) is 5. The van der Waals surface area contributed by atoms with Gasteiger partial charge in [0.15, 0.2) is 11.9 Å². The van der Waals surface area contributed by atoms with Crippen LogP contribution in [0.15, 0.2) is 9.59 Å². The number of nitrogens with zero attached hydrogens (tertiary/aromatic N) is 19. The Morgan fingerprint density at radius 2 is 0.983 bits per heavy atom. The van der Waals surface area contributed by atoms with E-state index in [0.29, 0.717) is 49.4 Å². The maximum Gasteiger partial charge on any atom is 1.00 e. The third-order valence-corrected chi connectivity index (χ3v) is 15.7. The van der Waals surface area contributed by atoms with Crippen molar-refractivity contribution in [1.29, 1.82) is 21.0 Å². The van der Waals surface area contributed by atoms with Gasteiger partial charge in [0.25, 0.3) is 17.3 Å². The van der Waals surface area contributed by atoms with Crippen molar-refractivity contribution in [2.75, 3.05) is 50.4 Å². The summed E-state index contributed by atoms with van der Waals surface area (Å²) < 4.78 is 22.8. The summed E-state index contributed by atoms with van der Waals surface area (Å²) in [7, 11) is 3.63. The fourth-order valence-electron chi connectivity index (χ4n) is 10.3. The van der Waals surface area contributed by atoms with Crippen LogP contribution in [0.1, 0.15) is 82.0 Å². The average Bonchev–Trinajstić information content (AvgIpc) is 0.732. The fraction of sp³-hybridized carbons (Fsp3) is 0.129. The number of nitrogen functional groups attached to an aromatic ring is 3. The molecule has 44 nitrogen and oxygen atoms in total. The van der Waals surface area contributed by atoms with Gasteiger partial charge in [0.05, 0.1) is 134 Å². The number of rotatable bonds is 3. The number of amides is 5. The second-order valence-corrected chi connectivity index (χ2v) is 29.7. The van der Waals surface area contributed by atoms with Crippen LogP contribution in [0.25, 0.3) is 90.9 Å². The number of ether oxygens (including phenoxy) is 3. The number of anilines is 4. The number of nitriles is 3. The number of aryl methyl sites for hydroxylation is 1. The second kappa shape index (κ2) is 42.2. The molecule has 0 fully saturated rings. The average molecular weight is 1820 g/mol. The number of aromatic amines is 2. The number of hydrogen-bond donors (Lipinski definition) is 9. The minimum Gasteiger partial charge on any atom is -0.512 e. The first-order valence-electron chi connectivity index (χ1n) is 29.5. The second-order valence-electron chi connectivity index (χ2n) is 21.0. The number of H-pyrrole nitrogens is 2. The van der Waals surface area contributed by atoms with Crippen molar-refractivity contribution in [3.8, 4) is 18.2 Å². The van der Waals surface area contributed by atoms with Gasteiger partial charge in [0.2, 0.25) is 39.2 Å². The standard InChI is InChI=1S/C18H3N11.C14H8N4O6.C12Cl6N6.C11H15N3O4.C4H5NO2.CH4N2O.CN.CO2.Cl3OP.K/c1-7-11-14(26-9(5-20)24-7)12-8(4-19)25-18(23-3)29-16(12)13-15(11)27-10(6-21)28-17(13)22-2;19-4-2-6(21)15-10-7(4)3-1-5(20)16-12(22)8(3)11-9(10)13(23)18-14(24)17-11;13-7-1-4(19-10(16)22-7)2-6(21-12(18)24-9(2)15)3-5(1)20-11(17)23-8(3)14;1-4-7(12)5(10(15)17-2)9(14)6(8(4)13)11(16)18-3;1-5-3-4(6)7-2;2-1(3)4;1-2;2-1-3;1-5(2,3)4;/h1H3;1-2H2,(H,15,21)(H,16,20,22)(H2,17,18,23,24);;12-14H2,1-3H3;3H2,2H3;(H4,2,3,4);;;;/q;;;;;;-1;;;+1. The summed E-state index contributed by atoms with van der Waals surface area (Å²) in [5.41, 5.74) is 25.6. The molecule has 4 aromatic carbocycles.